The Labute approximate surface area is 121 Å². The Balaban J connectivity index is 1.91. The van der Waals surface area contributed by atoms with Crippen molar-refractivity contribution < 1.29 is 4.52 Å². The Kier molecular flexibility index (Phi) is 5.10. The molecule has 0 aliphatic rings. The largest absolute Gasteiger partial charge is 0.339 e. The molecule has 2 N–H and O–H groups in total. The number of nitrogens with zero attached hydrogens (tertiary/aromatic N) is 2. The molecule has 0 saturated heterocycles. The van der Waals surface area contributed by atoms with Gasteiger partial charge in [0.2, 0.25) is 5.89 Å². The van der Waals surface area contributed by atoms with E-state index in [0.717, 1.165) is 23.1 Å². The van der Waals surface area contributed by atoms with E-state index in [4.69, 9.17) is 10.3 Å². The van der Waals surface area contributed by atoms with Gasteiger partial charge in [-0.15, -0.1) is 0 Å². The second-order valence-electron chi connectivity index (χ2n) is 4.79. The van der Waals surface area contributed by atoms with Crippen molar-refractivity contribution in [1.82, 2.24) is 10.1 Å². The van der Waals surface area contributed by atoms with Crippen molar-refractivity contribution in [3.8, 4) is 0 Å². The van der Waals surface area contributed by atoms with Crippen LogP contribution in [0.2, 0.25) is 0 Å². The molecule has 1 atom stereocenters. The van der Waals surface area contributed by atoms with Crippen molar-refractivity contribution in [1.29, 1.82) is 0 Å². The second kappa shape index (κ2) is 6.82. The molecule has 0 saturated carbocycles. The maximum absolute atomic E-state index is 5.59. The summed E-state index contributed by atoms with van der Waals surface area (Å²) in [6, 6.07) is 8.13. The highest BCUT2D eigenvalue weighted by atomic mass is 79.9. The Morgan fingerprint density at radius 2 is 2.05 bits per heavy atom. The Bertz CT molecular complexity index is 510. The maximum Gasteiger partial charge on any atom is 0.226 e. The molecular formula is C14H18BrN3O. The fourth-order valence-corrected chi connectivity index (χ4v) is 2.00. The van der Waals surface area contributed by atoms with Gasteiger partial charge in [-0.1, -0.05) is 40.1 Å². The zero-order valence-electron chi connectivity index (χ0n) is 11.0. The summed E-state index contributed by atoms with van der Waals surface area (Å²) in [6.45, 7) is 2.82. The molecule has 1 unspecified atom stereocenters. The summed E-state index contributed by atoms with van der Waals surface area (Å²) < 4.78 is 6.31. The minimum absolute atomic E-state index is 0.488. The SMILES string of the molecule is CC(CN)CCc1nc(Cc2ccc(Br)cc2)no1. The van der Waals surface area contributed by atoms with Crippen molar-refractivity contribution in [2.24, 2.45) is 11.7 Å². The Morgan fingerprint density at radius 1 is 1.32 bits per heavy atom. The average Bonchev–Trinajstić information content (AvgIpc) is 2.86. The van der Waals surface area contributed by atoms with Crippen molar-refractivity contribution in [3.63, 3.8) is 0 Å². The minimum Gasteiger partial charge on any atom is -0.339 e. The van der Waals surface area contributed by atoms with Crippen LogP contribution in [0.5, 0.6) is 0 Å². The van der Waals surface area contributed by atoms with Crippen LogP contribution in [-0.2, 0) is 12.8 Å². The normalized spacial score (nSPS) is 12.6. The molecule has 0 aliphatic heterocycles. The third-order valence-corrected chi connectivity index (χ3v) is 3.57. The van der Waals surface area contributed by atoms with E-state index in [0.29, 0.717) is 24.8 Å². The first-order valence-electron chi connectivity index (χ1n) is 6.43. The zero-order valence-corrected chi connectivity index (χ0v) is 12.6. The van der Waals surface area contributed by atoms with Crippen LogP contribution >= 0.6 is 15.9 Å². The van der Waals surface area contributed by atoms with E-state index in [1.54, 1.807) is 0 Å². The number of aryl methyl sites for hydroxylation is 1. The van der Waals surface area contributed by atoms with Gasteiger partial charge in [0, 0.05) is 17.3 Å². The van der Waals surface area contributed by atoms with Gasteiger partial charge in [0.05, 0.1) is 0 Å². The number of aromatic nitrogens is 2. The van der Waals surface area contributed by atoms with Gasteiger partial charge in [-0.2, -0.15) is 4.98 Å². The lowest BCUT2D eigenvalue weighted by Gasteiger charge is -2.03. The molecule has 102 valence electrons. The van der Waals surface area contributed by atoms with E-state index in [1.807, 2.05) is 12.1 Å². The second-order valence-corrected chi connectivity index (χ2v) is 5.70. The molecular weight excluding hydrogens is 306 g/mol. The van der Waals surface area contributed by atoms with E-state index in [2.05, 4.69) is 45.1 Å². The van der Waals surface area contributed by atoms with Crippen LogP contribution in [0.4, 0.5) is 0 Å². The molecule has 1 heterocycles. The van der Waals surface area contributed by atoms with Crippen molar-refractivity contribution in [2.45, 2.75) is 26.2 Å². The summed E-state index contributed by atoms with van der Waals surface area (Å²) in [7, 11) is 0. The van der Waals surface area contributed by atoms with Crippen LogP contribution in [0.3, 0.4) is 0 Å². The minimum atomic E-state index is 0.488. The first-order chi connectivity index (χ1) is 9.17. The van der Waals surface area contributed by atoms with Gasteiger partial charge in [0.1, 0.15) is 0 Å². The fourth-order valence-electron chi connectivity index (χ4n) is 1.74. The lowest BCUT2D eigenvalue weighted by Crippen LogP contribution is -2.11. The fraction of sp³-hybridized carbons (Fsp3) is 0.429. The molecule has 5 heteroatoms. The Morgan fingerprint density at radius 3 is 2.74 bits per heavy atom. The van der Waals surface area contributed by atoms with Crippen LogP contribution in [-0.4, -0.2) is 16.7 Å². The smallest absolute Gasteiger partial charge is 0.226 e. The maximum atomic E-state index is 5.59. The summed E-state index contributed by atoms with van der Waals surface area (Å²) >= 11 is 3.42. The lowest BCUT2D eigenvalue weighted by molar-refractivity contribution is 0.362. The molecule has 0 radical (unpaired) electrons. The van der Waals surface area contributed by atoms with Crippen LogP contribution < -0.4 is 5.73 Å². The predicted molar refractivity (Wildman–Crippen MR) is 77.8 cm³/mol. The van der Waals surface area contributed by atoms with Crippen LogP contribution in [0.1, 0.15) is 30.6 Å². The number of rotatable bonds is 6. The average molecular weight is 324 g/mol. The molecule has 4 nitrogen and oxygen atoms in total. The van der Waals surface area contributed by atoms with Gasteiger partial charge in [-0.3, -0.25) is 0 Å². The standard InChI is InChI=1S/C14H18BrN3O/c1-10(9-16)2-7-14-17-13(18-19-14)8-11-3-5-12(15)6-4-11/h3-6,10H,2,7-9,16H2,1H3. The number of hydrogen-bond acceptors (Lipinski definition) is 4. The van der Waals surface area contributed by atoms with Crippen molar-refractivity contribution in [2.75, 3.05) is 6.54 Å². The molecule has 0 bridgehead atoms. The number of halogens is 1. The zero-order chi connectivity index (χ0) is 13.7. The van der Waals surface area contributed by atoms with Gasteiger partial charge >= 0.3 is 0 Å². The predicted octanol–water partition coefficient (Wildman–Crippen LogP) is 2.95. The van der Waals surface area contributed by atoms with Crippen molar-refractivity contribution >= 4 is 15.9 Å². The summed E-state index contributed by atoms with van der Waals surface area (Å²) in [6.07, 6.45) is 2.48. The summed E-state index contributed by atoms with van der Waals surface area (Å²) in [5.74, 6) is 1.92. The molecule has 0 fully saturated rings. The van der Waals surface area contributed by atoms with Gasteiger partial charge in [0.15, 0.2) is 5.82 Å². The number of hydrogen-bond donors (Lipinski definition) is 1. The molecule has 2 aromatic rings. The highest BCUT2D eigenvalue weighted by molar-refractivity contribution is 9.10. The molecule has 19 heavy (non-hydrogen) atoms. The number of benzene rings is 1. The lowest BCUT2D eigenvalue weighted by atomic mass is 10.1. The van der Waals surface area contributed by atoms with Gasteiger partial charge in [-0.05, 0) is 36.6 Å². The topological polar surface area (TPSA) is 64.9 Å². The molecule has 0 amide bonds. The van der Waals surface area contributed by atoms with Crippen LogP contribution in [0, 0.1) is 5.92 Å². The molecule has 0 aliphatic carbocycles. The van der Waals surface area contributed by atoms with Crippen LogP contribution in [0.25, 0.3) is 0 Å². The van der Waals surface area contributed by atoms with E-state index < -0.39 is 0 Å². The highest BCUT2D eigenvalue weighted by Gasteiger charge is 2.08. The van der Waals surface area contributed by atoms with E-state index >= 15 is 0 Å². The van der Waals surface area contributed by atoms with Crippen LogP contribution in [0.15, 0.2) is 33.3 Å². The molecule has 2 rings (SSSR count). The number of nitrogens with two attached hydrogens (primary N) is 1. The monoisotopic (exact) mass is 323 g/mol. The Hall–Kier alpha value is -1.20. The third kappa shape index (κ3) is 4.44. The first kappa shape index (κ1) is 14.2. The highest BCUT2D eigenvalue weighted by Crippen LogP contribution is 2.13. The summed E-state index contributed by atoms with van der Waals surface area (Å²) in [4.78, 5) is 4.40. The molecule has 1 aromatic carbocycles. The summed E-state index contributed by atoms with van der Waals surface area (Å²) in [5.41, 5.74) is 6.76. The molecule has 1 aromatic heterocycles. The van der Waals surface area contributed by atoms with E-state index in [9.17, 15) is 0 Å². The summed E-state index contributed by atoms with van der Waals surface area (Å²) in [5, 5.41) is 4.01. The van der Waals surface area contributed by atoms with Gasteiger partial charge < -0.3 is 10.3 Å². The van der Waals surface area contributed by atoms with E-state index in [-0.39, 0.29) is 0 Å². The molecule has 0 spiro atoms. The van der Waals surface area contributed by atoms with Gasteiger partial charge in [-0.25, -0.2) is 0 Å². The third-order valence-electron chi connectivity index (χ3n) is 3.04. The van der Waals surface area contributed by atoms with E-state index in [1.165, 1.54) is 5.56 Å². The van der Waals surface area contributed by atoms with Crippen molar-refractivity contribution in [3.05, 3.63) is 46.0 Å². The van der Waals surface area contributed by atoms with Gasteiger partial charge in [0.25, 0.3) is 0 Å². The quantitative estimate of drug-likeness (QED) is 0.887. The first-order valence-corrected chi connectivity index (χ1v) is 7.22.